The predicted molar refractivity (Wildman–Crippen MR) is 103 cm³/mol. The number of benzene rings is 1. The second-order valence-corrected chi connectivity index (χ2v) is 7.74. The molecule has 0 radical (unpaired) electrons. The van der Waals surface area contributed by atoms with Gasteiger partial charge in [-0.3, -0.25) is 19.0 Å². The van der Waals surface area contributed by atoms with Crippen molar-refractivity contribution < 1.29 is 9.59 Å². The van der Waals surface area contributed by atoms with Gasteiger partial charge in [0, 0.05) is 43.2 Å². The number of nitrogens with one attached hydrogen (secondary N) is 1. The SMILES string of the molecule is O=C(Nc1ccccc1)C1CCN(C(=O)c2cnc3n(c2=O)CCS3)CC1. The summed E-state index contributed by atoms with van der Waals surface area (Å²) in [5.41, 5.74) is 0.628. The second kappa shape index (κ2) is 7.56. The summed E-state index contributed by atoms with van der Waals surface area (Å²) < 4.78 is 1.57. The van der Waals surface area contributed by atoms with Crippen molar-refractivity contribution in [2.45, 2.75) is 24.5 Å². The number of piperidine rings is 1. The third-order valence-electron chi connectivity index (χ3n) is 4.98. The summed E-state index contributed by atoms with van der Waals surface area (Å²) in [5.74, 6) is 0.359. The van der Waals surface area contributed by atoms with E-state index < -0.39 is 0 Å². The summed E-state index contributed by atoms with van der Waals surface area (Å²) in [6.07, 6.45) is 2.56. The van der Waals surface area contributed by atoms with Crippen molar-refractivity contribution >= 4 is 29.3 Å². The van der Waals surface area contributed by atoms with Crippen molar-refractivity contribution in [1.82, 2.24) is 14.5 Å². The highest BCUT2D eigenvalue weighted by Crippen LogP contribution is 2.23. The van der Waals surface area contributed by atoms with Gasteiger partial charge in [0.05, 0.1) is 0 Å². The summed E-state index contributed by atoms with van der Waals surface area (Å²) in [4.78, 5) is 43.6. The van der Waals surface area contributed by atoms with Gasteiger partial charge in [-0.15, -0.1) is 0 Å². The maximum atomic E-state index is 12.8. The minimum absolute atomic E-state index is 0.0235. The molecule has 0 aliphatic carbocycles. The number of hydrogen-bond donors (Lipinski definition) is 1. The first-order valence-corrected chi connectivity index (χ1v) is 10.00. The molecule has 7 nitrogen and oxygen atoms in total. The van der Waals surface area contributed by atoms with Crippen LogP contribution >= 0.6 is 11.8 Å². The van der Waals surface area contributed by atoms with Crippen LogP contribution in [0.5, 0.6) is 0 Å². The number of fused-ring (bicyclic) bond motifs is 1. The average molecular weight is 384 g/mol. The molecule has 0 spiro atoms. The molecule has 0 saturated carbocycles. The fourth-order valence-corrected chi connectivity index (χ4v) is 4.36. The Morgan fingerprint density at radius 3 is 2.59 bits per heavy atom. The lowest BCUT2D eigenvalue weighted by molar-refractivity contribution is -0.121. The van der Waals surface area contributed by atoms with E-state index in [1.165, 1.54) is 18.0 Å². The van der Waals surface area contributed by atoms with Crippen LogP contribution < -0.4 is 10.9 Å². The Hall–Kier alpha value is -2.61. The Morgan fingerprint density at radius 1 is 1.11 bits per heavy atom. The minimum Gasteiger partial charge on any atom is -0.338 e. The standard InChI is InChI=1S/C19H20N4O3S/c24-16(21-14-4-2-1-3-5-14)13-6-8-22(9-7-13)17(25)15-12-20-19-23(18(15)26)10-11-27-19/h1-5,12-13H,6-11H2,(H,21,24). The normalized spacial score (nSPS) is 16.8. The molecule has 2 aliphatic heterocycles. The third kappa shape index (κ3) is 3.62. The van der Waals surface area contributed by atoms with E-state index in [9.17, 15) is 14.4 Å². The molecule has 1 fully saturated rings. The van der Waals surface area contributed by atoms with Crippen LogP contribution in [0.2, 0.25) is 0 Å². The van der Waals surface area contributed by atoms with Crippen LogP contribution in [0.4, 0.5) is 5.69 Å². The Labute approximate surface area is 160 Å². The molecule has 2 aromatic rings. The molecular formula is C19H20N4O3S. The molecule has 0 bridgehead atoms. The Morgan fingerprint density at radius 2 is 1.85 bits per heavy atom. The number of carbonyl (C=O) groups excluding carboxylic acids is 2. The van der Waals surface area contributed by atoms with E-state index in [-0.39, 0.29) is 28.9 Å². The molecule has 2 aliphatic rings. The van der Waals surface area contributed by atoms with Crippen LogP contribution in [0.1, 0.15) is 23.2 Å². The highest BCUT2D eigenvalue weighted by molar-refractivity contribution is 7.99. The largest absolute Gasteiger partial charge is 0.338 e. The van der Waals surface area contributed by atoms with Crippen LogP contribution in [0, 0.1) is 5.92 Å². The van der Waals surface area contributed by atoms with Crippen LogP contribution in [0.15, 0.2) is 46.5 Å². The topological polar surface area (TPSA) is 84.3 Å². The number of aromatic nitrogens is 2. The zero-order valence-corrected chi connectivity index (χ0v) is 15.6. The van der Waals surface area contributed by atoms with Gasteiger partial charge < -0.3 is 10.2 Å². The van der Waals surface area contributed by atoms with Gasteiger partial charge >= 0.3 is 0 Å². The van der Waals surface area contributed by atoms with E-state index in [1.54, 1.807) is 9.47 Å². The number of hydrogen-bond acceptors (Lipinski definition) is 5. The zero-order valence-electron chi connectivity index (χ0n) is 14.8. The number of thioether (sulfide) groups is 1. The first kappa shape index (κ1) is 17.8. The number of carbonyl (C=O) groups is 2. The van der Waals surface area contributed by atoms with Crippen molar-refractivity contribution in [3.05, 3.63) is 52.4 Å². The molecule has 27 heavy (non-hydrogen) atoms. The number of amides is 2. The van der Waals surface area contributed by atoms with Gasteiger partial charge in [0.25, 0.3) is 11.5 Å². The summed E-state index contributed by atoms with van der Waals surface area (Å²) in [6, 6.07) is 9.35. The molecule has 1 saturated heterocycles. The molecule has 1 aromatic carbocycles. The number of para-hydroxylation sites is 1. The maximum Gasteiger partial charge on any atom is 0.267 e. The number of rotatable bonds is 3. The third-order valence-corrected chi connectivity index (χ3v) is 5.95. The quantitative estimate of drug-likeness (QED) is 0.817. The van der Waals surface area contributed by atoms with Crippen molar-refractivity contribution in [3.8, 4) is 0 Å². The Bertz CT molecular complexity index is 920. The second-order valence-electron chi connectivity index (χ2n) is 6.68. The number of likely N-dealkylation sites (tertiary alicyclic amines) is 1. The van der Waals surface area contributed by atoms with Gasteiger partial charge in [-0.25, -0.2) is 4.98 Å². The van der Waals surface area contributed by atoms with E-state index in [4.69, 9.17) is 0 Å². The Kier molecular flexibility index (Phi) is 4.98. The Balaban J connectivity index is 1.39. The first-order chi connectivity index (χ1) is 13.1. The van der Waals surface area contributed by atoms with Crippen LogP contribution in [-0.4, -0.2) is 45.1 Å². The predicted octanol–water partition coefficient (Wildman–Crippen LogP) is 1.84. The van der Waals surface area contributed by atoms with Crippen LogP contribution in [0.25, 0.3) is 0 Å². The molecule has 0 unspecified atom stereocenters. The molecule has 1 aromatic heterocycles. The lowest BCUT2D eigenvalue weighted by Crippen LogP contribution is -2.43. The van der Waals surface area contributed by atoms with Crippen LogP contribution in [-0.2, 0) is 11.3 Å². The monoisotopic (exact) mass is 384 g/mol. The lowest BCUT2D eigenvalue weighted by Gasteiger charge is -2.31. The highest BCUT2D eigenvalue weighted by Gasteiger charge is 2.30. The van der Waals surface area contributed by atoms with E-state index in [0.717, 1.165) is 11.4 Å². The van der Waals surface area contributed by atoms with Gasteiger partial charge in [-0.2, -0.15) is 0 Å². The van der Waals surface area contributed by atoms with E-state index >= 15 is 0 Å². The van der Waals surface area contributed by atoms with Crippen LogP contribution in [0.3, 0.4) is 0 Å². The maximum absolute atomic E-state index is 12.8. The van der Waals surface area contributed by atoms with Gasteiger partial charge in [0.2, 0.25) is 5.91 Å². The average Bonchev–Trinajstić information content (AvgIpc) is 3.18. The van der Waals surface area contributed by atoms with E-state index in [2.05, 4.69) is 10.3 Å². The van der Waals surface area contributed by atoms with Gasteiger partial charge in [0.15, 0.2) is 5.16 Å². The summed E-state index contributed by atoms with van der Waals surface area (Å²) in [5, 5.41) is 3.59. The van der Waals surface area contributed by atoms with E-state index in [1.807, 2.05) is 30.3 Å². The fourth-order valence-electron chi connectivity index (χ4n) is 3.45. The summed E-state index contributed by atoms with van der Waals surface area (Å²) in [7, 11) is 0. The summed E-state index contributed by atoms with van der Waals surface area (Å²) in [6.45, 7) is 1.51. The van der Waals surface area contributed by atoms with E-state index in [0.29, 0.717) is 37.6 Å². The zero-order chi connectivity index (χ0) is 18.8. The van der Waals surface area contributed by atoms with Gasteiger partial charge in [-0.1, -0.05) is 30.0 Å². The molecule has 140 valence electrons. The smallest absolute Gasteiger partial charge is 0.267 e. The van der Waals surface area contributed by atoms with Crippen molar-refractivity contribution in [2.75, 3.05) is 24.2 Å². The molecular weight excluding hydrogens is 364 g/mol. The van der Waals surface area contributed by atoms with Gasteiger partial charge in [0.1, 0.15) is 5.56 Å². The lowest BCUT2D eigenvalue weighted by atomic mass is 9.95. The van der Waals surface area contributed by atoms with Crippen molar-refractivity contribution in [1.29, 1.82) is 0 Å². The molecule has 8 heteroatoms. The highest BCUT2D eigenvalue weighted by atomic mass is 32.2. The fraction of sp³-hybridized carbons (Fsp3) is 0.368. The molecule has 2 amide bonds. The molecule has 4 rings (SSSR count). The molecule has 0 atom stereocenters. The summed E-state index contributed by atoms with van der Waals surface area (Å²) >= 11 is 1.52. The van der Waals surface area contributed by atoms with Crippen molar-refractivity contribution in [3.63, 3.8) is 0 Å². The molecule has 1 N–H and O–H groups in total. The van der Waals surface area contributed by atoms with Gasteiger partial charge in [-0.05, 0) is 25.0 Å². The first-order valence-electron chi connectivity index (χ1n) is 9.01. The molecule has 3 heterocycles. The number of nitrogens with zero attached hydrogens (tertiary/aromatic N) is 3. The minimum atomic E-state index is -0.290. The van der Waals surface area contributed by atoms with Crippen molar-refractivity contribution in [2.24, 2.45) is 5.92 Å². The number of anilines is 1.